The van der Waals surface area contributed by atoms with Gasteiger partial charge in [-0.1, -0.05) is 6.08 Å². The van der Waals surface area contributed by atoms with Crippen molar-refractivity contribution in [3.63, 3.8) is 0 Å². The van der Waals surface area contributed by atoms with E-state index in [4.69, 9.17) is 10.5 Å². The molecule has 23 heavy (non-hydrogen) atoms. The number of esters is 1. The molecule has 0 atom stereocenters. The highest BCUT2D eigenvalue weighted by molar-refractivity contribution is 5.72. The van der Waals surface area contributed by atoms with E-state index in [2.05, 4.69) is 16.4 Å². The first-order valence-corrected chi connectivity index (χ1v) is 6.35. The second-order valence-corrected chi connectivity index (χ2v) is 4.75. The van der Waals surface area contributed by atoms with E-state index in [1.54, 1.807) is 12.1 Å². The molecular weight excluding hydrogens is 313 g/mol. The number of hydrogen-bond acceptors (Lipinski definition) is 5. The third-order valence-corrected chi connectivity index (χ3v) is 3.02. The smallest absolute Gasteiger partial charge is 0.435 e. The van der Waals surface area contributed by atoms with Crippen molar-refractivity contribution in [2.75, 3.05) is 7.11 Å². The summed E-state index contributed by atoms with van der Waals surface area (Å²) in [5.74, 6) is -0.854. The molecule has 0 amide bonds. The van der Waals surface area contributed by atoms with Crippen molar-refractivity contribution in [3.05, 3.63) is 30.1 Å². The number of methoxy groups -OCH3 is 1. The molecule has 0 saturated heterocycles. The molecule has 0 aliphatic heterocycles. The minimum Gasteiger partial charge on any atom is -0.469 e. The number of nitriles is 2. The summed E-state index contributed by atoms with van der Waals surface area (Å²) in [6, 6.07) is 3.54. The fourth-order valence-corrected chi connectivity index (χ4v) is 1.91. The average Bonchev–Trinajstić information content (AvgIpc) is 2.89. The van der Waals surface area contributed by atoms with Gasteiger partial charge in [0, 0.05) is 11.8 Å². The van der Waals surface area contributed by atoms with E-state index in [0.717, 1.165) is 18.0 Å². The van der Waals surface area contributed by atoms with Gasteiger partial charge in [-0.3, -0.25) is 9.48 Å². The lowest BCUT2D eigenvalue weighted by Crippen LogP contribution is -2.23. The van der Waals surface area contributed by atoms with E-state index in [0.29, 0.717) is 0 Å². The van der Waals surface area contributed by atoms with Crippen molar-refractivity contribution in [1.82, 2.24) is 9.78 Å². The molecule has 0 aromatic carbocycles. The first-order chi connectivity index (χ1) is 10.7. The molecule has 6 nitrogen and oxygen atoms in total. The molecule has 0 N–H and O–H groups in total. The van der Waals surface area contributed by atoms with Crippen LogP contribution in [0, 0.1) is 28.1 Å². The lowest BCUT2D eigenvalue weighted by atomic mass is 9.88. The number of carbonyl (C=O) groups excluding carboxylic acids is 1. The number of nitrogens with zero attached hydrogens (tertiary/aromatic N) is 4. The van der Waals surface area contributed by atoms with Gasteiger partial charge in [-0.05, 0) is 6.42 Å². The Kier molecular flexibility index (Phi) is 5.52. The first-order valence-electron chi connectivity index (χ1n) is 6.35. The molecule has 1 heterocycles. The number of ether oxygens (including phenoxy) is 1. The minimum atomic E-state index is -4.77. The molecule has 1 aromatic rings. The minimum absolute atomic E-state index is 0.0342. The molecule has 1 aromatic heterocycles. The van der Waals surface area contributed by atoms with Crippen LogP contribution in [0.2, 0.25) is 0 Å². The van der Waals surface area contributed by atoms with Crippen LogP contribution in [0.5, 0.6) is 0 Å². The maximum Gasteiger partial charge on any atom is 0.435 e. The molecule has 0 aliphatic rings. The highest BCUT2D eigenvalue weighted by Crippen LogP contribution is 2.32. The molecule has 0 saturated carbocycles. The van der Waals surface area contributed by atoms with Crippen LogP contribution in [0.4, 0.5) is 13.2 Å². The third kappa shape index (κ3) is 4.33. The second kappa shape index (κ2) is 6.97. The summed E-state index contributed by atoms with van der Waals surface area (Å²) in [6.07, 6.45) is -3.09. The van der Waals surface area contributed by atoms with Crippen molar-refractivity contribution in [1.29, 1.82) is 10.5 Å². The van der Waals surface area contributed by atoms with Gasteiger partial charge < -0.3 is 4.74 Å². The molecule has 0 aliphatic carbocycles. The summed E-state index contributed by atoms with van der Waals surface area (Å²) in [5.41, 5.74) is -3.21. The van der Waals surface area contributed by atoms with Crippen LogP contribution in [0.25, 0.3) is 0 Å². The van der Waals surface area contributed by atoms with Gasteiger partial charge in [-0.2, -0.15) is 28.8 Å². The van der Waals surface area contributed by atoms with Crippen LogP contribution < -0.4 is 0 Å². The normalized spacial score (nSPS) is 11.4. The van der Waals surface area contributed by atoms with Crippen molar-refractivity contribution in [2.24, 2.45) is 5.41 Å². The standard InChI is InChI=1S/C14H13F3N4O2/c1-3-4-13(7-18,8-19)9-21-6-10(5-11(22)23-2)12(20-21)14(15,16)17/h3,6H,1,4-5,9H2,2H3. The molecule has 0 fully saturated rings. The topological polar surface area (TPSA) is 91.7 Å². The quantitative estimate of drug-likeness (QED) is 0.590. The Morgan fingerprint density at radius 2 is 2.09 bits per heavy atom. The van der Waals surface area contributed by atoms with Crippen LogP contribution in [-0.2, 0) is 28.7 Å². The second-order valence-electron chi connectivity index (χ2n) is 4.75. The van der Waals surface area contributed by atoms with Gasteiger partial charge in [-0.15, -0.1) is 6.58 Å². The molecule has 0 bridgehead atoms. The summed E-state index contributed by atoms with van der Waals surface area (Å²) in [5, 5.41) is 21.6. The van der Waals surface area contributed by atoms with E-state index in [9.17, 15) is 18.0 Å². The van der Waals surface area contributed by atoms with Crippen molar-refractivity contribution in [3.8, 4) is 12.1 Å². The third-order valence-electron chi connectivity index (χ3n) is 3.02. The number of allylic oxidation sites excluding steroid dienone is 1. The number of alkyl halides is 3. The highest BCUT2D eigenvalue weighted by atomic mass is 19.4. The Morgan fingerprint density at radius 1 is 1.48 bits per heavy atom. The van der Waals surface area contributed by atoms with Gasteiger partial charge in [0.05, 0.1) is 32.2 Å². The highest BCUT2D eigenvalue weighted by Gasteiger charge is 2.39. The van der Waals surface area contributed by atoms with Crippen LogP contribution in [0.3, 0.4) is 0 Å². The van der Waals surface area contributed by atoms with E-state index in [1.165, 1.54) is 6.08 Å². The van der Waals surface area contributed by atoms with Crippen molar-refractivity contribution >= 4 is 5.97 Å². The number of hydrogen-bond donors (Lipinski definition) is 0. The summed E-state index contributed by atoms with van der Waals surface area (Å²) in [6.45, 7) is 3.04. The Hall–Kier alpha value is -2.81. The number of halogens is 3. The van der Waals surface area contributed by atoms with Gasteiger partial charge in [0.2, 0.25) is 0 Å². The number of rotatable bonds is 6. The molecule has 122 valence electrons. The van der Waals surface area contributed by atoms with Gasteiger partial charge in [0.15, 0.2) is 11.1 Å². The summed E-state index contributed by atoms with van der Waals surface area (Å²) >= 11 is 0. The summed E-state index contributed by atoms with van der Waals surface area (Å²) in [4.78, 5) is 11.2. The molecule has 0 spiro atoms. The zero-order valence-electron chi connectivity index (χ0n) is 12.2. The van der Waals surface area contributed by atoms with Crippen molar-refractivity contribution < 1.29 is 22.7 Å². The van der Waals surface area contributed by atoms with Crippen LogP contribution in [0.15, 0.2) is 18.9 Å². The summed E-state index contributed by atoms with van der Waals surface area (Å²) < 4.78 is 44.2. The van der Waals surface area contributed by atoms with Crippen LogP contribution >= 0.6 is 0 Å². The van der Waals surface area contributed by atoms with E-state index in [1.807, 2.05) is 0 Å². The zero-order chi connectivity index (χ0) is 17.7. The van der Waals surface area contributed by atoms with Gasteiger partial charge in [-0.25, -0.2) is 0 Å². The van der Waals surface area contributed by atoms with Crippen LogP contribution in [-0.4, -0.2) is 22.9 Å². The van der Waals surface area contributed by atoms with Crippen molar-refractivity contribution in [2.45, 2.75) is 25.6 Å². The van der Waals surface area contributed by atoms with Gasteiger partial charge in [0.1, 0.15) is 0 Å². The first kappa shape index (κ1) is 18.2. The van der Waals surface area contributed by atoms with E-state index >= 15 is 0 Å². The lowest BCUT2D eigenvalue weighted by Gasteiger charge is -2.16. The Morgan fingerprint density at radius 3 is 2.52 bits per heavy atom. The fraction of sp³-hybridized carbons (Fsp3) is 0.429. The Balaban J connectivity index is 3.24. The zero-order valence-corrected chi connectivity index (χ0v) is 12.2. The maximum absolute atomic E-state index is 13.0. The van der Waals surface area contributed by atoms with Gasteiger partial charge in [0.25, 0.3) is 0 Å². The predicted molar refractivity (Wildman–Crippen MR) is 71.4 cm³/mol. The average molecular weight is 326 g/mol. The molecule has 0 unspecified atom stereocenters. The van der Waals surface area contributed by atoms with E-state index in [-0.39, 0.29) is 18.5 Å². The summed E-state index contributed by atoms with van der Waals surface area (Å²) in [7, 11) is 1.06. The molecule has 1 rings (SSSR count). The maximum atomic E-state index is 13.0. The Labute approximate surface area is 130 Å². The van der Waals surface area contributed by atoms with Crippen LogP contribution in [0.1, 0.15) is 17.7 Å². The molecule has 9 heteroatoms. The predicted octanol–water partition coefficient (Wildman–Crippen LogP) is 2.23. The largest absolute Gasteiger partial charge is 0.469 e. The monoisotopic (exact) mass is 326 g/mol. The SMILES string of the molecule is C=CCC(C#N)(C#N)Cn1cc(CC(=O)OC)c(C(F)(F)F)n1. The molecular formula is C14H13F3N4O2. The fourth-order valence-electron chi connectivity index (χ4n) is 1.91. The van der Waals surface area contributed by atoms with E-state index < -0.39 is 29.7 Å². The lowest BCUT2D eigenvalue weighted by molar-refractivity contribution is -0.143. The Bertz CT molecular complexity index is 666. The van der Waals surface area contributed by atoms with Gasteiger partial charge >= 0.3 is 12.1 Å². The molecule has 0 radical (unpaired) electrons. The number of aromatic nitrogens is 2. The number of carbonyl (C=O) groups is 1.